The number of anilines is 1. The molecule has 1 aliphatic heterocycles. The highest BCUT2D eigenvalue weighted by atomic mass is 32.1. The number of rotatable bonds is 2. The van der Waals surface area contributed by atoms with Crippen molar-refractivity contribution < 1.29 is 4.79 Å². The fraction of sp³-hybridized carbons (Fsp3) is 0.636. The van der Waals surface area contributed by atoms with Crippen molar-refractivity contribution in [2.75, 3.05) is 18.0 Å². The zero-order valence-electron chi connectivity index (χ0n) is 10.4. The van der Waals surface area contributed by atoms with Crippen LogP contribution in [0.2, 0.25) is 0 Å². The van der Waals surface area contributed by atoms with Gasteiger partial charge in [-0.15, -0.1) is 11.3 Å². The van der Waals surface area contributed by atoms with Gasteiger partial charge in [-0.2, -0.15) is 0 Å². The molecule has 1 atom stereocenters. The molecule has 1 aromatic rings. The first-order chi connectivity index (χ1) is 7.93. The Morgan fingerprint density at radius 1 is 1.65 bits per heavy atom. The number of nitrogens with zero attached hydrogens (tertiary/aromatic N) is 2. The fourth-order valence-corrected chi connectivity index (χ4v) is 2.94. The highest BCUT2D eigenvalue weighted by Gasteiger charge is 2.39. The summed E-state index contributed by atoms with van der Waals surface area (Å²) in [5.74, 6) is 0.0429. The van der Waals surface area contributed by atoms with Crippen LogP contribution in [0.5, 0.6) is 0 Å². The van der Waals surface area contributed by atoms with Crippen LogP contribution in [-0.4, -0.2) is 29.5 Å². The van der Waals surface area contributed by atoms with Gasteiger partial charge in [0.25, 0.3) is 0 Å². The molecule has 2 heterocycles. The predicted molar refractivity (Wildman–Crippen MR) is 69.2 cm³/mol. The third-order valence-electron chi connectivity index (χ3n) is 3.06. The third kappa shape index (κ3) is 2.14. The zero-order chi connectivity index (χ0) is 12.6. The maximum atomic E-state index is 11.8. The Morgan fingerprint density at radius 2 is 2.35 bits per heavy atom. The van der Waals surface area contributed by atoms with Gasteiger partial charge in [-0.1, -0.05) is 0 Å². The number of amides is 1. The minimum atomic E-state index is -0.550. The highest BCUT2D eigenvalue weighted by molar-refractivity contribution is 7.13. The number of carbonyl (C=O) groups excluding carboxylic acids is 1. The molecule has 0 aliphatic carbocycles. The van der Waals surface area contributed by atoms with E-state index in [2.05, 4.69) is 10.3 Å². The number of carbonyl (C=O) groups is 1. The van der Waals surface area contributed by atoms with E-state index < -0.39 is 5.54 Å². The van der Waals surface area contributed by atoms with Crippen LogP contribution in [0.25, 0.3) is 0 Å². The van der Waals surface area contributed by atoms with Gasteiger partial charge in [0.05, 0.1) is 5.69 Å². The summed E-state index contributed by atoms with van der Waals surface area (Å²) < 4.78 is 0. The number of hydrogen-bond acceptors (Lipinski definition) is 5. The molecule has 0 radical (unpaired) electrons. The standard InChI is InChI=1S/C11H18N4OS/c1-7(12)8-6-17-10(14-8)15-5-4-13-9(16)11(15,2)3/h6-7H,4-5,12H2,1-3H3,(H,13,16). The van der Waals surface area contributed by atoms with E-state index in [4.69, 9.17) is 5.73 Å². The topological polar surface area (TPSA) is 71.2 Å². The van der Waals surface area contributed by atoms with Crippen molar-refractivity contribution in [2.24, 2.45) is 5.73 Å². The Morgan fingerprint density at radius 3 is 2.94 bits per heavy atom. The molecule has 6 heteroatoms. The van der Waals surface area contributed by atoms with Gasteiger partial charge in [-0.05, 0) is 20.8 Å². The van der Waals surface area contributed by atoms with Gasteiger partial charge in [0.15, 0.2) is 5.13 Å². The Kier molecular flexibility index (Phi) is 3.09. The largest absolute Gasteiger partial charge is 0.352 e. The summed E-state index contributed by atoms with van der Waals surface area (Å²) in [5, 5.41) is 5.71. The Balaban J connectivity index is 2.28. The summed E-state index contributed by atoms with van der Waals surface area (Å²) in [7, 11) is 0. The lowest BCUT2D eigenvalue weighted by molar-refractivity contribution is -0.126. The molecule has 1 saturated heterocycles. The molecule has 1 aromatic heterocycles. The normalized spacial score (nSPS) is 21.2. The minimum absolute atomic E-state index is 0.0429. The van der Waals surface area contributed by atoms with Crippen LogP contribution in [-0.2, 0) is 4.79 Å². The summed E-state index contributed by atoms with van der Waals surface area (Å²) in [5.41, 5.74) is 6.13. The zero-order valence-corrected chi connectivity index (χ0v) is 11.2. The molecule has 0 bridgehead atoms. The van der Waals surface area contributed by atoms with Crippen LogP contribution in [0.1, 0.15) is 32.5 Å². The van der Waals surface area contributed by atoms with E-state index in [1.165, 1.54) is 0 Å². The van der Waals surface area contributed by atoms with Gasteiger partial charge in [0, 0.05) is 24.5 Å². The molecule has 1 fully saturated rings. The number of piperazine rings is 1. The molecule has 1 aliphatic rings. The number of thiazole rings is 1. The van der Waals surface area contributed by atoms with Gasteiger partial charge in [0.1, 0.15) is 5.54 Å². The molecule has 3 N–H and O–H groups in total. The van der Waals surface area contributed by atoms with Crippen molar-refractivity contribution in [3.63, 3.8) is 0 Å². The van der Waals surface area contributed by atoms with E-state index in [9.17, 15) is 4.79 Å². The molecule has 17 heavy (non-hydrogen) atoms. The average Bonchev–Trinajstić information content (AvgIpc) is 2.71. The van der Waals surface area contributed by atoms with Gasteiger partial charge in [0.2, 0.25) is 5.91 Å². The molecule has 1 unspecified atom stereocenters. The van der Waals surface area contributed by atoms with E-state index in [1.54, 1.807) is 11.3 Å². The second-order valence-electron chi connectivity index (χ2n) is 4.81. The van der Waals surface area contributed by atoms with Crippen molar-refractivity contribution in [3.8, 4) is 0 Å². The lowest BCUT2D eigenvalue weighted by Crippen LogP contribution is -2.62. The molecular weight excluding hydrogens is 236 g/mol. The smallest absolute Gasteiger partial charge is 0.245 e. The Labute approximate surface area is 105 Å². The summed E-state index contributed by atoms with van der Waals surface area (Å²) in [6.07, 6.45) is 0. The quantitative estimate of drug-likeness (QED) is 0.822. The minimum Gasteiger partial charge on any atom is -0.352 e. The average molecular weight is 254 g/mol. The van der Waals surface area contributed by atoms with Crippen LogP contribution in [0.4, 0.5) is 5.13 Å². The SMILES string of the molecule is CC(N)c1csc(N2CCNC(=O)C2(C)C)n1. The lowest BCUT2D eigenvalue weighted by Gasteiger charge is -2.41. The number of aromatic nitrogens is 1. The van der Waals surface area contributed by atoms with E-state index in [-0.39, 0.29) is 11.9 Å². The Hall–Kier alpha value is -1.14. The maximum Gasteiger partial charge on any atom is 0.245 e. The second kappa shape index (κ2) is 4.27. The molecule has 0 aromatic carbocycles. The molecule has 1 amide bonds. The number of nitrogens with two attached hydrogens (primary N) is 1. The second-order valence-corrected chi connectivity index (χ2v) is 5.65. The van der Waals surface area contributed by atoms with Gasteiger partial charge < -0.3 is 16.0 Å². The highest BCUT2D eigenvalue weighted by Crippen LogP contribution is 2.30. The molecule has 0 saturated carbocycles. The summed E-state index contributed by atoms with van der Waals surface area (Å²) in [6.45, 7) is 7.18. The molecule has 2 rings (SSSR count). The first-order valence-corrected chi connectivity index (χ1v) is 6.58. The first-order valence-electron chi connectivity index (χ1n) is 5.70. The molecule has 0 spiro atoms. The van der Waals surface area contributed by atoms with Crippen LogP contribution < -0.4 is 16.0 Å². The van der Waals surface area contributed by atoms with Crippen LogP contribution in [0.3, 0.4) is 0 Å². The fourth-order valence-electron chi connectivity index (χ4n) is 1.84. The van der Waals surface area contributed by atoms with Crippen molar-refractivity contribution in [1.82, 2.24) is 10.3 Å². The van der Waals surface area contributed by atoms with Gasteiger partial charge in [-0.3, -0.25) is 4.79 Å². The van der Waals surface area contributed by atoms with Crippen molar-refractivity contribution in [1.29, 1.82) is 0 Å². The maximum absolute atomic E-state index is 11.8. The van der Waals surface area contributed by atoms with Crippen LogP contribution in [0.15, 0.2) is 5.38 Å². The van der Waals surface area contributed by atoms with E-state index in [0.717, 1.165) is 17.4 Å². The predicted octanol–water partition coefficient (Wildman–Crippen LogP) is 0.878. The molecule has 5 nitrogen and oxygen atoms in total. The van der Waals surface area contributed by atoms with Gasteiger partial charge >= 0.3 is 0 Å². The monoisotopic (exact) mass is 254 g/mol. The Bertz CT molecular complexity index is 427. The van der Waals surface area contributed by atoms with E-state index in [0.29, 0.717) is 6.54 Å². The summed E-state index contributed by atoms with van der Waals surface area (Å²) in [6, 6.07) is -0.0678. The molecule has 94 valence electrons. The third-order valence-corrected chi connectivity index (χ3v) is 3.94. The van der Waals surface area contributed by atoms with Gasteiger partial charge in [-0.25, -0.2) is 4.98 Å². The number of hydrogen-bond donors (Lipinski definition) is 2. The van der Waals surface area contributed by atoms with Crippen LogP contribution in [0, 0.1) is 0 Å². The van der Waals surface area contributed by atoms with E-state index in [1.807, 2.05) is 31.1 Å². The summed E-state index contributed by atoms with van der Waals surface area (Å²) >= 11 is 1.54. The molecular formula is C11H18N4OS. The van der Waals surface area contributed by atoms with Crippen molar-refractivity contribution >= 4 is 22.4 Å². The van der Waals surface area contributed by atoms with E-state index >= 15 is 0 Å². The number of nitrogens with one attached hydrogen (secondary N) is 1. The first kappa shape index (κ1) is 12.3. The summed E-state index contributed by atoms with van der Waals surface area (Å²) in [4.78, 5) is 18.4. The van der Waals surface area contributed by atoms with Crippen LogP contribution >= 0.6 is 11.3 Å². The van der Waals surface area contributed by atoms with Crippen molar-refractivity contribution in [3.05, 3.63) is 11.1 Å². The lowest BCUT2D eigenvalue weighted by atomic mass is 10.00. The van der Waals surface area contributed by atoms with Crippen molar-refractivity contribution in [2.45, 2.75) is 32.4 Å².